The Labute approximate surface area is 171 Å². The lowest BCUT2D eigenvalue weighted by molar-refractivity contribution is -0.122. The normalized spacial score (nSPS) is 15.5. The SMILES string of the molecule is O=C(CCC1NC(=O)c2ccccc2NC1=O)NCc1nc(-c2ccncc2)no1. The summed E-state index contributed by atoms with van der Waals surface area (Å²) in [5.41, 5.74) is 1.59. The highest BCUT2D eigenvalue weighted by atomic mass is 16.5. The second-order valence-corrected chi connectivity index (χ2v) is 6.62. The minimum absolute atomic E-state index is 0.0417. The van der Waals surface area contributed by atoms with Crippen molar-refractivity contribution in [1.82, 2.24) is 25.8 Å². The van der Waals surface area contributed by atoms with Crippen molar-refractivity contribution < 1.29 is 18.9 Å². The number of aromatic nitrogens is 3. The molecule has 4 rings (SSSR count). The Kier molecular flexibility index (Phi) is 5.46. The third-order valence-corrected chi connectivity index (χ3v) is 4.55. The van der Waals surface area contributed by atoms with Crippen LogP contribution < -0.4 is 16.0 Å². The zero-order valence-electron chi connectivity index (χ0n) is 15.8. The van der Waals surface area contributed by atoms with E-state index in [1.165, 1.54) is 0 Å². The van der Waals surface area contributed by atoms with Crippen LogP contribution in [0.2, 0.25) is 0 Å². The zero-order chi connectivity index (χ0) is 20.9. The predicted octanol–water partition coefficient (Wildman–Crippen LogP) is 1.28. The van der Waals surface area contributed by atoms with Crippen molar-refractivity contribution >= 4 is 23.4 Å². The van der Waals surface area contributed by atoms with Crippen molar-refractivity contribution in [1.29, 1.82) is 0 Å². The maximum Gasteiger partial charge on any atom is 0.254 e. The fraction of sp³-hybridized carbons (Fsp3) is 0.200. The third kappa shape index (κ3) is 4.32. The van der Waals surface area contributed by atoms with Gasteiger partial charge in [0, 0.05) is 24.4 Å². The highest BCUT2D eigenvalue weighted by molar-refractivity contribution is 6.09. The molecule has 0 saturated carbocycles. The van der Waals surface area contributed by atoms with Gasteiger partial charge in [-0.3, -0.25) is 19.4 Å². The van der Waals surface area contributed by atoms with Crippen LogP contribution in [0.15, 0.2) is 53.3 Å². The second kappa shape index (κ2) is 8.52. The lowest BCUT2D eigenvalue weighted by atomic mass is 10.1. The fourth-order valence-corrected chi connectivity index (χ4v) is 3.00. The molecule has 0 aliphatic carbocycles. The van der Waals surface area contributed by atoms with Crippen molar-refractivity contribution in [3.05, 3.63) is 60.2 Å². The van der Waals surface area contributed by atoms with E-state index in [0.717, 1.165) is 5.56 Å². The van der Waals surface area contributed by atoms with E-state index in [2.05, 4.69) is 31.1 Å². The number of nitrogens with zero attached hydrogens (tertiary/aromatic N) is 3. The Balaban J connectivity index is 1.29. The van der Waals surface area contributed by atoms with E-state index in [1.807, 2.05) is 0 Å². The molecule has 3 heterocycles. The molecule has 0 fully saturated rings. The summed E-state index contributed by atoms with van der Waals surface area (Å²) in [6.45, 7) is 0.0611. The van der Waals surface area contributed by atoms with E-state index >= 15 is 0 Å². The molecule has 30 heavy (non-hydrogen) atoms. The van der Waals surface area contributed by atoms with Gasteiger partial charge in [-0.05, 0) is 30.7 Å². The van der Waals surface area contributed by atoms with E-state index in [0.29, 0.717) is 17.1 Å². The smallest absolute Gasteiger partial charge is 0.254 e. The van der Waals surface area contributed by atoms with Gasteiger partial charge in [-0.25, -0.2) is 0 Å². The average Bonchev–Trinajstić information content (AvgIpc) is 3.20. The molecule has 3 N–H and O–H groups in total. The molecule has 1 atom stereocenters. The Morgan fingerprint density at radius 2 is 1.93 bits per heavy atom. The van der Waals surface area contributed by atoms with Crippen LogP contribution in [0.25, 0.3) is 11.4 Å². The third-order valence-electron chi connectivity index (χ3n) is 4.55. The lowest BCUT2D eigenvalue weighted by Crippen LogP contribution is -2.42. The Bertz CT molecular complexity index is 1080. The quantitative estimate of drug-likeness (QED) is 0.560. The van der Waals surface area contributed by atoms with Gasteiger partial charge in [0.15, 0.2) is 0 Å². The van der Waals surface area contributed by atoms with Crippen LogP contribution in [0.4, 0.5) is 5.69 Å². The van der Waals surface area contributed by atoms with Crippen molar-refractivity contribution in [2.45, 2.75) is 25.4 Å². The second-order valence-electron chi connectivity index (χ2n) is 6.62. The fourth-order valence-electron chi connectivity index (χ4n) is 3.00. The first-order chi connectivity index (χ1) is 14.6. The van der Waals surface area contributed by atoms with Crippen LogP contribution >= 0.6 is 0 Å². The molecular weight excluding hydrogens is 388 g/mol. The minimum Gasteiger partial charge on any atom is -0.347 e. The summed E-state index contributed by atoms with van der Waals surface area (Å²) in [6, 6.07) is 9.43. The van der Waals surface area contributed by atoms with Gasteiger partial charge in [0.1, 0.15) is 6.04 Å². The van der Waals surface area contributed by atoms with E-state index in [4.69, 9.17) is 4.52 Å². The maximum absolute atomic E-state index is 12.4. The maximum atomic E-state index is 12.4. The van der Waals surface area contributed by atoms with Crippen molar-refractivity contribution in [2.24, 2.45) is 0 Å². The molecule has 0 radical (unpaired) electrons. The summed E-state index contributed by atoms with van der Waals surface area (Å²) in [4.78, 5) is 45.0. The molecule has 10 nitrogen and oxygen atoms in total. The summed E-state index contributed by atoms with van der Waals surface area (Å²) in [5, 5.41) is 11.9. The number of rotatable bonds is 6. The molecule has 0 spiro atoms. The molecule has 3 aromatic rings. The van der Waals surface area contributed by atoms with Crippen LogP contribution in [0.5, 0.6) is 0 Å². The van der Waals surface area contributed by atoms with Gasteiger partial charge in [0.25, 0.3) is 5.91 Å². The number of carbonyl (C=O) groups excluding carboxylic acids is 3. The summed E-state index contributed by atoms with van der Waals surface area (Å²) < 4.78 is 5.13. The summed E-state index contributed by atoms with van der Waals surface area (Å²) >= 11 is 0. The van der Waals surface area contributed by atoms with Crippen LogP contribution in [0.3, 0.4) is 0 Å². The molecule has 1 aromatic carbocycles. The topological polar surface area (TPSA) is 139 Å². The van der Waals surface area contributed by atoms with Gasteiger partial charge < -0.3 is 20.5 Å². The Hall–Kier alpha value is -4.08. The summed E-state index contributed by atoms with van der Waals surface area (Å²) in [7, 11) is 0. The Morgan fingerprint density at radius 3 is 2.77 bits per heavy atom. The van der Waals surface area contributed by atoms with Gasteiger partial charge in [-0.1, -0.05) is 17.3 Å². The summed E-state index contributed by atoms with van der Waals surface area (Å²) in [5.74, 6) is -0.364. The van der Waals surface area contributed by atoms with Gasteiger partial charge in [0.2, 0.25) is 23.5 Å². The standard InChI is InChI=1S/C20H18N6O4/c27-16(22-11-17-25-18(26-30-17)12-7-9-21-10-8-12)6-5-15-20(29)23-14-4-2-1-3-13(14)19(28)24-15/h1-4,7-10,15H,5-6,11H2,(H,22,27)(H,23,29)(H,24,28). The van der Waals surface area contributed by atoms with Gasteiger partial charge >= 0.3 is 0 Å². The largest absolute Gasteiger partial charge is 0.347 e. The average molecular weight is 406 g/mol. The number of pyridine rings is 1. The number of hydrogen-bond donors (Lipinski definition) is 3. The zero-order valence-corrected chi connectivity index (χ0v) is 15.8. The van der Waals surface area contributed by atoms with E-state index in [1.54, 1.807) is 48.8 Å². The van der Waals surface area contributed by atoms with Crippen molar-refractivity contribution in [2.75, 3.05) is 5.32 Å². The number of amides is 3. The minimum atomic E-state index is -0.808. The molecule has 1 aliphatic heterocycles. The first-order valence-corrected chi connectivity index (χ1v) is 9.30. The van der Waals surface area contributed by atoms with Crippen molar-refractivity contribution in [3.8, 4) is 11.4 Å². The van der Waals surface area contributed by atoms with Crippen LogP contribution in [0, 0.1) is 0 Å². The van der Waals surface area contributed by atoms with Crippen LogP contribution in [-0.4, -0.2) is 38.9 Å². The molecule has 0 saturated heterocycles. The van der Waals surface area contributed by atoms with Gasteiger partial charge in [-0.15, -0.1) is 0 Å². The molecule has 10 heteroatoms. The van der Waals surface area contributed by atoms with Gasteiger partial charge in [0.05, 0.1) is 17.8 Å². The monoisotopic (exact) mass is 406 g/mol. The highest BCUT2D eigenvalue weighted by Gasteiger charge is 2.27. The number of para-hydroxylation sites is 1. The van der Waals surface area contributed by atoms with E-state index in [-0.39, 0.29) is 43.0 Å². The van der Waals surface area contributed by atoms with E-state index < -0.39 is 6.04 Å². The van der Waals surface area contributed by atoms with Crippen LogP contribution in [-0.2, 0) is 16.1 Å². The number of fused-ring (bicyclic) bond motifs is 1. The molecule has 2 aromatic heterocycles. The lowest BCUT2D eigenvalue weighted by Gasteiger charge is -2.14. The molecule has 0 bridgehead atoms. The predicted molar refractivity (Wildman–Crippen MR) is 105 cm³/mol. The number of hydrogen-bond acceptors (Lipinski definition) is 7. The van der Waals surface area contributed by atoms with Crippen LogP contribution in [0.1, 0.15) is 29.1 Å². The first kappa shape index (κ1) is 19.2. The van der Waals surface area contributed by atoms with Crippen molar-refractivity contribution in [3.63, 3.8) is 0 Å². The highest BCUT2D eigenvalue weighted by Crippen LogP contribution is 2.19. The number of carbonyl (C=O) groups is 3. The van der Waals surface area contributed by atoms with Gasteiger partial charge in [-0.2, -0.15) is 4.98 Å². The molecule has 152 valence electrons. The molecular formula is C20H18N6O4. The summed E-state index contributed by atoms with van der Waals surface area (Å²) in [6.07, 6.45) is 3.44. The number of nitrogens with one attached hydrogen (secondary N) is 3. The number of benzene rings is 1. The molecule has 1 unspecified atom stereocenters. The molecule has 1 aliphatic rings. The first-order valence-electron chi connectivity index (χ1n) is 9.30. The molecule has 3 amide bonds. The Morgan fingerprint density at radius 1 is 1.13 bits per heavy atom. The number of anilines is 1. The van der Waals surface area contributed by atoms with E-state index in [9.17, 15) is 14.4 Å².